The molecule has 0 aromatic heterocycles. The molecular weight excluding hydrogens is 478 g/mol. The molecule has 9 heteroatoms. The molecule has 0 aliphatic carbocycles. The Morgan fingerprint density at radius 3 is 2.33 bits per heavy atom. The quantitative estimate of drug-likeness (QED) is 0.282. The number of ether oxygens (including phenoxy) is 3. The molecular formula is C27H27N3O5S. The van der Waals surface area contributed by atoms with Gasteiger partial charge in [0, 0.05) is 11.8 Å². The van der Waals surface area contributed by atoms with E-state index < -0.39 is 5.91 Å². The number of para-hydroxylation sites is 1. The molecule has 186 valence electrons. The molecule has 0 saturated carbocycles. The van der Waals surface area contributed by atoms with Crippen LogP contribution in [0.2, 0.25) is 0 Å². The number of carbonyl (C=O) groups is 2. The third kappa shape index (κ3) is 7.31. The number of anilines is 2. The summed E-state index contributed by atoms with van der Waals surface area (Å²) in [7, 11) is 3.09. The van der Waals surface area contributed by atoms with Gasteiger partial charge in [-0.3, -0.25) is 14.9 Å². The zero-order valence-electron chi connectivity index (χ0n) is 20.2. The van der Waals surface area contributed by atoms with Gasteiger partial charge in [-0.05, 0) is 79.3 Å². The lowest BCUT2D eigenvalue weighted by Crippen LogP contribution is -2.33. The highest BCUT2D eigenvalue weighted by atomic mass is 32.1. The van der Waals surface area contributed by atoms with E-state index in [9.17, 15) is 9.59 Å². The molecule has 0 aliphatic rings. The molecule has 3 aromatic carbocycles. The number of amides is 2. The van der Waals surface area contributed by atoms with E-state index in [2.05, 4.69) is 16.0 Å². The van der Waals surface area contributed by atoms with Crippen molar-refractivity contribution in [2.45, 2.75) is 6.92 Å². The fourth-order valence-electron chi connectivity index (χ4n) is 3.23. The van der Waals surface area contributed by atoms with Gasteiger partial charge in [0.2, 0.25) is 5.91 Å². The number of rotatable bonds is 9. The maximum absolute atomic E-state index is 12.9. The van der Waals surface area contributed by atoms with Gasteiger partial charge < -0.3 is 24.8 Å². The maximum atomic E-state index is 12.9. The predicted molar refractivity (Wildman–Crippen MR) is 145 cm³/mol. The fourth-order valence-corrected chi connectivity index (χ4v) is 3.44. The van der Waals surface area contributed by atoms with Crippen LogP contribution < -0.4 is 30.2 Å². The summed E-state index contributed by atoms with van der Waals surface area (Å²) in [5.74, 6) is 1.11. The van der Waals surface area contributed by atoms with Crippen LogP contribution in [0.4, 0.5) is 11.4 Å². The van der Waals surface area contributed by atoms with E-state index in [1.807, 2.05) is 6.92 Å². The molecule has 8 nitrogen and oxygen atoms in total. The van der Waals surface area contributed by atoms with Gasteiger partial charge in [-0.2, -0.15) is 0 Å². The van der Waals surface area contributed by atoms with Gasteiger partial charge in [-0.15, -0.1) is 0 Å². The molecule has 0 heterocycles. The molecule has 0 unspecified atom stereocenters. The number of hydrogen-bond acceptors (Lipinski definition) is 6. The molecule has 0 aliphatic heterocycles. The van der Waals surface area contributed by atoms with E-state index in [1.54, 1.807) is 87.0 Å². The topological polar surface area (TPSA) is 97.9 Å². The van der Waals surface area contributed by atoms with Gasteiger partial charge in [0.15, 0.2) is 16.6 Å². The average molecular weight is 506 g/mol. The molecule has 2 amide bonds. The van der Waals surface area contributed by atoms with Crippen LogP contribution in [-0.2, 0) is 4.79 Å². The van der Waals surface area contributed by atoms with Crippen LogP contribution in [0.25, 0.3) is 6.08 Å². The lowest BCUT2D eigenvalue weighted by molar-refractivity contribution is -0.115. The monoisotopic (exact) mass is 505 g/mol. The molecule has 0 spiro atoms. The van der Waals surface area contributed by atoms with Crippen molar-refractivity contribution in [1.29, 1.82) is 0 Å². The second-order valence-electron chi connectivity index (χ2n) is 7.35. The van der Waals surface area contributed by atoms with Crippen LogP contribution in [0, 0.1) is 0 Å². The third-order valence-electron chi connectivity index (χ3n) is 4.91. The average Bonchev–Trinajstić information content (AvgIpc) is 2.88. The van der Waals surface area contributed by atoms with Crippen LogP contribution in [-0.4, -0.2) is 37.8 Å². The second-order valence-corrected chi connectivity index (χ2v) is 7.76. The van der Waals surface area contributed by atoms with Gasteiger partial charge in [0.1, 0.15) is 5.75 Å². The summed E-state index contributed by atoms with van der Waals surface area (Å²) in [6, 6.07) is 19.2. The van der Waals surface area contributed by atoms with Crippen LogP contribution in [0.5, 0.6) is 17.2 Å². The minimum absolute atomic E-state index is 0.0540. The minimum atomic E-state index is -0.432. The van der Waals surface area contributed by atoms with Crippen LogP contribution in [0.15, 0.2) is 72.8 Å². The van der Waals surface area contributed by atoms with Gasteiger partial charge in [0.05, 0.1) is 32.1 Å². The van der Waals surface area contributed by atoms with Crippen LogP contribution in [0.3, 0.4) is 0 Å². The van der Waals surface area contributed by atoms with Crippen molar-refractivity contribution in [2.75, 3.05) is 31.5 Å². The number of nitrogens with one attached hydrogen (secondary N) is 3. The van der Waals surface area contributed by atoms with E-state index in [-0.39, 0.29) is 11.0 Å². The van der Waals surface area contributed by atoms with Crippen LogP contribution in [0.1, 0.15) is 22.8 Å². The third-order valence-corrected chi connectivity index (χ3v) is 5.12. The Morgan fingerprint density at radius 2 is 1.64 bits per heavy atom. The Bertz CT molecular complexity index is 1260. The van der Waals surface area contributed by atoms with Crippen molar-refractivity contribution < 1.29 is 23.8 Å². The largest absolute Gasteiger partial charge is 0.494 e. The number of benzene rings is 3. The first-order valence-corrected chi connectivity index (χ1v) is 11.5. The van der Waals surface area contributed by atoms with Crippen LogP contribution >= 0.6 is 12.2 Å². The number of thiocarbonyl (C=S) groups is 1. The Hall–Kier alpha value is -4.37. The second kappa shape index (κ2) is 12.9. The van der Waals surface area contributed by atoms with Crippen molar-refractivity contribution >= 4 is 46.6 Å². The maximum Gasteiger partial charge on any atom is 0.257 e. The first kappa shape index (κ1) is 26.2. The predicted octanol–water partition coefficient (Wildman–Crippen LogP) is 4.88. The normalized spacial score (nSPS) is 10.4. The van der Waals surface area contributed by atoms with Gasteiger partial charge in [-0.1, -0.05) is 18.2 Å². The van der Waals surface area contributed by atoms with Crippen molar-refractivity contribution in [3.05, 3.63) is 83.9 Å². The summed E-state index contributed by atoms with van der Waals surface area (Å²) in [5.41, 5.74) is 2.19. The summed E-state index contributed by atoms with van der Waals surface area (Å²) in [6.45, 7) is 2.47. The van der Waals surface area contributed by atoms with E-state index >= 15 is 0 Å². The zero-order valence-corrected chi connectivity index (χ0v) is 21.0. The number of hydrogen-bond donors (Lipinski definition) is 3. The lowest BCUT2D eigenvalue weighted by Gasteiger charge is -2.13. The molecule has 0 saturated heterocycles. The van der Waals surface area contributed by atoms with E-state index in [0.717, 1.165) is 11.3 Å². The Labute approximate surface area is 215 Å². The van der Waals surface area contributed by atoms with Crippen molar-refractivity contribution in [1.82, 2.24) is 5.32 Å². The highest BCUT2D eigenvalue weighted by molar-refractivity contribution is 7.80. The first-order valence-electron chi connectivity index (χ1n) is 11.1. The first-order chi connectivity index (χ1) is 17.4. The molecule has 0 atom stereocenters. The molecule has 3 aromatic rings. The lowest BCUT2D eigenvalue weighted by atomic mass is 10.1. The zero-order chi connectivity index (χ0) is 25.9. The smallest absolute Gasteiger partial charge is 0.257 e. The molecule has 36 heavy (non-hydrogen) atoms. The highest BCUT2D eigenvalue weighted by Crippen LogP contribution is 2.28. The highest BCUT2D eigenvalue weighted by Gasteiger charge is 2.13. The number of methoxy groups -OCH3 is 2. The summed E-state index contributed by atoms with van der Waals surface area (Å²) in [4.78, 5) is 25.2. The molecule has 0 bridgehead atoms. The van der Waals surface area contributed by atoms with Crippen molar-refractivity contribution in [2.24, 2.45) is 0 Å². The van der Waals surface area contributed by atoms with Gasteiger partial charge in [0.25, 0.3) is 5.91 Å². The van der Waals surface area contributed by atoms with Gasteiger partial charge in [-0.25, -0.2) is 0 Å². The Balaban J connectivity index is 1.61. The standard InChI is InChI=1S/C27H27N3O5S/c1-4-35-20-13-11-19(12-14-20)28-26(32)21-7-5-6-8-22(21)29-27(36)30-25(31)16-10-18-9-15-23(33-2)24(17-18)34-3/h5-17H,4H2,1-3H3,(H,28,32)(H2,29,30,31,36)/b16-10+. The minimum Gasteiger partial charge on any atom is -0.494 e. The van der Waals surface area contributed by atoms with Crippen molar-refractivity contribution in [3.63, 3.8) is 0 Å². The summed E-state index contributed by atoms with van der Waals surface area (Å²) in [6.07, 6.45) is 2.97. The number of carbonyl (C=O) groups excluding carboxylic acids is 2. The van der Waals surface area contributed by atoms with Gasteiger partial charge >= 0.3 is 0 Å². The summed E-state index contributed by atoms with van der Waals surface area (Å²) >= 11 is 5.27. The Kier molecular flexibility index (Phi) is 9.41. The molecule has 3 N–H and O–H groups in total. The summed E-state index contributed by atoms with van der Waals surface area (Å²) in [5, 5.41) is 8.39. The fraction of sp³-hybridized carbons (Fsp3) is 0.148. The summed E-state index contributed by atoms with van der Waals surface area (Å²) < 4.78 is 15.9. The molecule has 0 radical (unpaired) electrons. The van der Waals surface area contributed by atoms with Crippen molar-refractivity contribution in [3.8, 4) is 17.2 Å². The molecule has 0 fully saturated rings. The Morgan fingerprint density at radius 1 is 0.917 bits per heavy atom. The van der Waals surface area contributed by atoms with E-state index in [1.165, 1.54) is 6.08 Å². The molecule has 3 rings (SSSR count). The van der Waals surface area contributed by atoms with E-state index in [0.29, 0.717) is 35.0 Å². The SMILES string of the molecule is CCOc1ccc(NC(=O)c2ccccc2NC(=S)NC(=O)/C=C/c2ccc(OC)c(OC)c2)cc1. The van der Waals surface area contributed by atoms with E-state index in [4.69, 9.17) is 26.4 Å².